The lowest BCUT2D eigenvalue weighted by Crippen LogP contribution is -2.48. The lowest BCUT2D eigenvalue weighted by molar-refractivity contribution is -0.139. The Hall–Kier alpha value is -4.88. The number of rotatable bonds is 12. The molecule has 0 spiro atoms. The molecule has 6 rings (SSSR count). The summed E-state index contributed by atoms with van der Waals surface area (Å²) in [5.41, 5.74) is 1.99. The van der Waals surface area contributed by atoms with Crippen LogP contribution < -0.4 is 25.3 Å². The van der Waals surface area contributed by atoms with Crippen molar-refractivity contribution in [1.82, 2.24) is 15.5 Å². The summed E-state index contributed by atoms with van der Waals surface area (Å²) < 4.78 is 0. The zero-order valence-corrected chi connectivity index (χ0v) is 28.3. The highest BCUT2D eigenvalue weighted by atomic mass is 16.3. The number of nitrogens with one attached hydrogen (secondary N) is 2. The fraction of sp³-hybridized carbons (Fsp3) is 0.368. The molecule has 0 unspecified atom stereocenters. The largest absolute Gasteiger partial charge is 0.395 e. The maximum absolute atomic E-state index is 14.4. The number of nitrogens with zero attached hydrogens (tertiary/aromatic N) is 4. The molecule has 4 N–H and O–H groups in total. The summed E-state index contributed by atoms with van der Waals surface area (Å²) in [7, 11) is 0. The summed E-state index contributed by atoms with van der Waals surface area (Å²) in [4.78, 5) is 59.5. The summed E-state index contributed by atoms with van der Waals surface area (Å²) in [6.07, 6.45) is 3.36. The van der Waals surface area contributed by atoms with E-state index in [4.69, 9.17) is 0 Å². The van der Waals surface area contributed by atoms with Gasteiger partial charge in [0.1, 0.15) is 0 Å². The number of hydrogen-bond acceptors (Lipinski definition) is 8. The number of benzene rings is 3. The number of fused-ring (bicyclic) bond motifs is 1. The van der Waals surface area contributed by atoms with E-state index in [1.807, 2.05) is 54.6 Å². The second-order valence-electron chi connectivity index (χ2n) is 12.9. The Balaban J connectivity index is 1.27. The van der Waals surface area contributed by atoms with Crippen LogP contribution in [0, 0.1) is 5.92 Å². The first-order valence-electron chi connectivity index (χ1n) is 17.1. The Kier molecular flexibility index (Phi) is 10.7. The molecule has 3 aliphatic heterocycles. The van der Waals surface area contributed by atoms with Crippen molar-refractivity contribution in [2.24, 2.45) is 5.92 Å². The maximum atomic E-state index is 14.4. The second kappa shape index (κ2) is 15.3. The maximum Gasteiger partial charge on any atom is 0.264 e. The van der Waals surface area contributed by atoms with Gasteiger partial charge in [-0.25, -0.2) is 0 Å². The molecule has 50 heavy (non-hydrogen) atoms. The van der Waals surface area contributed by atoms with Gasteiger partial charge in [0.2, 0.25) is 17.7 Å². The third-order valence-electron chi connectivity index (χ3n) is 9.62. The first kappa shape index (κ1) is 35.0. The van der Waals surface area contributed by atoms with Crippen LogP contribution in [0.1, 0.15) is 30.0 Å². The van der Waals surface area contributed by atoms with Gasteiger partial charge in [0.05, 0.1) is 31.9 Å². The zero-order valence-electron chi connectivity index (χ0n) is 28.3. The molecule has 0 aliphatic carbocycles. The van der Waals surface area contributed by atoms with Crippen LogP contribution >= 0.6 is 0 Å². The van der Waals surface area contributed by atoms with Crippen LogP contribution in [0.3, 0.4) is 0 Å². The zero-order chi connectivity index (χ0) is 35.3. The minimum atomic E-state index is -1.98. The van der Waals surface area contributed by atoms with E-state index >= 15 is 0 Å². The average molecular weight is 681 g/mol. The molecular weight excluding hydrogens is 636 g/mol. The van der Waals surface area contributed by atoms with E-state index in [-0.39, 0.29) is 56.9 Å². The topological polar surface area (TPSA) is 146 Å². The van der Waals surface area contributed by atoms with Gasteiger partial charge >= 0.3 is 0 Å². The van der Waals surface area contributed by atoms with Gasteiger partial charge in [0.25, 0.3) is 5.91 Å². The number of carbonyl (C=O) groups is 4. The molecule has 3 aromatic rings. The summed E-state index contributed by atoms with van der Waals surface area (Å²) in [5.74, 6) is -1.59. The smallest absolute Gasteiger partial charge is 0.264 e. The van der Waals surface area contributed by atoms with Gasteiger partial charge in [-0.15, -0.1) is 0 Å². The van der Waals surface area contributed by atoms with Gasteiger partial charge in [0, 0.05) is 68.5 Å². The third-order valence-corrected chi connectivity index (χ3v) is 9.62. The van der Waals surface area contributed by atoms with Crippen molar-refractivity contribution in [2.75, 3.05) is 67.1 Å². The monoisotopic (exact) mass is 680 g/mol. The third kappa shape index (κ3) is 7.19. The van der Waals surface area contributed by atoms with E-state index in [2.05, 4.69) is 10.6 Å². The van der Waals surface area contributed by atoms with Gasteiger partial charge in [-0.05, 0) is 41.5 Å². The molecule has 4 amide bonds. The minimum absolute atomic E-state index is 0.0187. The number of amides is 4. The normalized spacial score (nSPS) is 20.1. The number of hydrogen-bond donors (Lipinski definition) is 4. The number of piperazine rings is 2. The van der Waals surface area contributed by atoms with Crippen LogP contribution in [0.5, 0.6) is 0 Å². The predicted octanol–water partition coefficient (Wildman–Crippen LogP) is 1.90. The van der Waals surface area contributed by atoms with Crippen LogP contribution in [0.2, 0.25) is 0 Å². The molecule has 262 valence electrons. The highest BCUT2D eigenvalue weighted by molar-refractivity contribution is 6.08. The van der Waals surface area contributed by atoms with Gasteiger partial charge in [-0.2, -0.15) is 0 Å². The summed E-state index contributed by atoms with van der Waals surface area (Å²) in [6.45, 7) is 5.00. The van der Waals surface area contributed by atoms with Gasteiger partial charge in [-0.1, -0.05) is 61.5 Å². The number of anilines is 3. The molecule has 0 saturated carbocycles. The predicted molar refractivity (Wildman–Crippen MR) is 190 cm³/mol. The van der Waals surface area contributed by atoms with E-state index in [1.165, 1.54) is 0 Å². The van der Waals surface area contributed by atoms with Crippen molar-refractivity contribution in [3.05, 3.63) is 102 Å². The Morgan fingerprint density at radius 1 is 0.900 bits per heavy atom. The number of aliphatic hydroxyl groups is 2. The molecule has 2 atom stereocenters. The molecule has 12 heteroatoms. The molecule has 3 heterocycles. The van der Waals surface area contributed by atoms with E-state index in [1.54, 1.807) is 56.9 Å². The highest BCUT2D eigenvalue weighted by Crippen LogP contribution is 2.47. The van der Waals surface area contributed by atoms with Crippen LogP contribution in [-0.2, 0) is 37.9 Å². The van der Waals surface area contributed by atoms with Crippen molar-refractivity contribution in [1.29, 1.82) is 0 Å². The number of aliphatic hydroxyl groups excluding tert-OH is 1. The van der Waals surface area contributed by atoms with Crippen LogP contribution in [0.25, 0.3) is 0 Å². The first-order chi connectivity index (χ1) is 24.2. The Morgan fingerprint density at radius 2 is 1.56 bits per heavy atom. The van der Waals surface area contributed by atoms with Crippen molar-refractivity contribution in [2.45, 2.75) is 32.0 Å². The highest BCUT2D eigenvalue weighted by Gasteiger charge is 2.53. The van der Waals surface area contributed by atoms with E-state index < -0.39 is 17.4 Å². The standard InChI is InChI=1S/C38H44N6O6/c1-27(7-5-12-34(46)41(19-20-45)25-28-8-3-2-4-9-28)38(50)32-22-31(43-18-16-40-24-36(43)48)13-14-33(32)44(37(38)49)26-29-10-6-11-30(21-29)42-17-15-39-23-35(42)47/h2-11,13-14,21-22,27,39-40,45,50H,12,15-20,23-26H2,1H3/b7-5+/t27-,38+/m1/s1. The number of carbonyl (C=O) groups excluding carboxylic acids is 4. The molecule has 0 radical (unpaired) electrons. The van der Waals surface area contributed by atoms with E-state index in [0.29, 0.717) is 49.7 Å². The molecule has 2 fully saturated rings. The Labute approximate surface area is 292 Å². The van der Waals surface area contributed by atoms with Crippen molar-refractivity contribution >= 4 is 40.7 Å². The Morgan fingerprint density at radius 3 is 2.22 bits per heavy atom. The summed E-state index contributed by atoms with van der Waals surface area (Å²) >= 11 is 0. The molecule has 3 aliphatic rings. The van der Waals surface area contributed by atoms with Gasteiger partial charge < -0.3 is 40.4 Å². The van der Waals surface area contributed by atoms with Crippen molar-refractivity contribution in [3.8, 4) is 0 Å². The molecule has 3 aromatic carbocycles. The van der Waals surface area contributed by atoms with Crippen molar-refractivity contribution < 1.29 is 29.4 Å². The quantitative estimate of drug-likeness (QED) is 0.213. The fourth-order valence-corrected chi connectivity index (χ4v) is 6.88. The van der Waals surface area contributed by atoms with Crippen LogP contribution in [0.4, 0.5) is 17.1 Å². The average Bonchev–Trinajstić information content (AvgIpc) is 3.34. The molecular formula is C38H44N6O6. The molecule has 12 nitrogen and oxygen atoms in total. The fourth-order valence-electron chi connectivity index (χ4n) is 6.88. The Bertz CT molecular complexity index is 1770. The lowest BCUT2D eigenvalue weighted by Gasteiger charge is -2.30. The van der Waals surface area contributed by atoms with Gasteiger partial charge in [0.15, 0.2) is 5.60 Å². The van der Waals surface area contributed by atoms with E-state index in [0.717, 1.165) is 16.8 Å². The lowest BCUT2D eigenvalue weighted by atomic mass is 9.82. The minimum Gasteiger partial charge on any atom is -0.395 e. The SMILES string of the molecule is C[C@H](/C=C/CC(=O)N(CCO)Cc1ccccc1)[C@@]1(O)C(=O)N(Cc2cccc(N3CCNCC3=O)c2)c2ccc(N3CCNCC3=O)cc21. The second-order valence-corrected chi connectivity index (χ2v) is 12.9. The summed E-state index contributed by atoms with van der Waals surface area (Å²) in [6, 6.07) is 22.3. The van der Waals surface area contributed by atoms with Gasteiger partial charge in [-0.3, -0.25) is 19.2 Å². The van der Waals surface area contributed by atoms with Crippen LogP contribution in [0.15, 0.2) is 84.9 Å². The molecule has 0 aromatic heterocycles. The molecule has 0 bridgehead atoms. The summed E-state index contributed by atoms with van der Waals surface area (Å²) in [5, 5.41) is 28.2. The van der Waals surface area contributed by atoms with Crippen LogP contribution in [-0.4, -0.2) is 91.2 Å². The van der Waals surface area contributed by atoms with Crippen molar-refractivity contribution in [3.63, 3.8) is 0 Å². The molecule has 2 saturated heterocycles. The first-order valence-corrected chi connectivity index (χ1v) is 17.1. The van der Waals surface area contributed by atoms with E-state index in [9.17, 15) is 29.4 Å².